The van der Waals surface area contributed by atoms with Crippen LogP contribution in [-0.2, 0) is 11.3 Å². The number of halogens is 1. The zero-order chi connectivity index (χ0) is 22.1. The molecule has 6 heteroatoms. The van der Waals surface area contributed by atoms with Crippen LogP contribution in [0.5, 0.6) is 0 Å². The lowest BCUT2D eigenvalue weighted by Crippen LogP contribution is -2.39. The average molecular weight is 430 g/mol. The molecule has 2 saturated heterocycles. The molecular formula is C26H23FN2O3. The van der Waals surface area contributed by atoms with Crippen molar-refractivity contribution < 1.29 is 18.7 Å². The van der Waals surface area contributed by atoms with Crippen molar-refractivity contribution in [3.05, 3.63) is 95.8 Å². The van der Waals surface area contributed by atoms with E-state index in [2.05, 4.69) is 0 Å². The first-order chi connectivity index (χ1) is 15.5. The third-order valence-corrected chi connectivity index (χ3v) is 6.17. The molecule has 5 nitrogen and oxygen atoms in total. The number of carbonyl (C=O) groups excluding carboxylic acids is 2. The molecule has 32 heavy (non-hydrogen) atoms. The Balaban J connectivity index is 1.31. The van der Waals surface area contributed by atoms with Crippen molar-refractivity contribution in [3.8, 4) is 11.1 Å². The van der Waals surface area contributed by atoms with Crippen molar-refractivity contribution in [2.75, 3.05) is 19.6 Å². The molecule has 5 rings (SSSR count). The third kappa shape index (κ3) is 3.84. The normalized spacial score (nSPS) is 20.1. The summed E-state index contributed by atoms with van der Waals surface area (Å²) in [5.41, 5.74) is 2.66. The molecular weight excluding hydrogens is 407 g/mol. The molecule has 1 spiro atoms. The Labute approximate surface area is 186 Å². The highest BCUT2D eigenvalue weighted by molar-refractivity contribution is 6.01. The Bertz CT molecular complexity index is 1150. The molecule has 162 valence electrons. The number of likely N-dealkylation sites (tertiary alicyclic amines) is 1. The first-order valence-electron chi connectivity index (χ1n) is 10.7. The van der Waals surface area contributed by atoms with Gasteiger partial charge in [-0.3, -0.25) is 9.69 Å². The molecule has 0 radical (unpaired) electrons. The van der Waals surface area contributed by atoms with Gasteiger partial charge in [0, 0.05) is 25.1 Å². The van der Waals surface area contributed by atoms with Crippen LogP contribution in [0.25, 0.3) is 11.1 Å². The number of carbonyl (C=O) groups is 2. The molecule has 2 aliphatic heterocycles. The van der Waals surface area contributed by atoms with Gasteiger partial charge in [-0.15, -0.1) is 0 Å². The van der Waals surface area contributed by atoms with E-state index in [1.54, 1.807) is 21.9 Å². The summed E-state index contributed by atoms with van der Waals surface area (Å²) in [7, 11) is 0. The van der Waals surface area contributed by atoms with Gasteiger partial charge in [-0.1, -0.05) is 60.7 Å². The van der Waals surface area contributed by atoms with Crippen molar-refractivity contribution in [1.82, 2.24) is 9.80 Å². The van der Waals surface area contributed by atoms with Crippen molar-refractivity contribution in [3.63, 3.8) is 0 Å². The number of amides is 2. The molecule has 3 aromatic rings. The van der Waals surface area contributed by atoms with Crippen molar-refractivity contribution >= 4 is 12.0 Å². The summed E-state index contributed by atoms with van der Waals surface area (Å²) in [5, 5.41) is 0. The minimum absolute atomic E-state index is 0.0608. The molecule has 0 bridgehead atoms. The summed E-state index contributed by atoms with van der Waals surface area (Å²) >= 11 is 0. The maximum Gasteiger partial charge on any atom is 0.410 e. The molecule has 2 heterocycles. The molecule has 0 N–H and O–H groups in total. The second-order valence-corrected chi connectivity index (χ2v) is 8.42. The molecule has 0 aliphatic carbocycles. The predicted octanol–water partition coefficient (Wildman–Crippen LogP) is 4.73. The van der Waals surface area contributed by atoms with Crippen molar-refractivity contribution in [2.24, 2.45) is 0 Å². The van der Waals surface area contributed by atoms with Crippen molar-refractivity contribution in [1.29, 1.82) is 0 Å². The van der Waals surface area contributed by atoms with Crippen LogP contribution in [0, 0.1) is 5.82 Å². The van der Waals surface area contributed by atoms with Gasteiger partial charge >= 0.3 is 6.09 Å². The van der Waals surface area contributed by atoms with Gasteiger partial charge in [0.05, 0.1) is 13.1 Å². The monoisotopic (exact) mass is 430 g/mol. The first kappa shape index (κ1) is 20.2. The summed E-state index contributed by atoms with van der Waals surface area (Å²) in [6.07, 6.45) is 0.200. The quantitative estimate of drug-likeness (QED) is 0.601. The number of hydrogen-bond acceptors (Lipinski definition) is 3. The number of hydrogen-bond donors (Lipinski definition) is 0. The molecule has 3 aromatic carbocycles. The smallest absolute Gasteiger partial charge is 0.410 e. The zero-order valence-electron chi connectivity index (χ0n) is 17.5. The van der Waals surface area contributed by atoms with E-state index in [1.807, 2.05) is 54.6 Å². The predicted molar refractivity (Wildman–Crippen MR) is 118 cm³/mol. The van der Waals surface area contributed by atoms with Gasteiger partial charge in [-0.2, -0.15) is 0 Å². The minimum atomic E-state index is -0.700. The lowest BCUT2D eigenvalue weighted by molar-refractivity contribution is 0.0553. The Hall–Kier alpha value is -3.67. The molecule has 2 amide bonds. The summed E-state index contributed by atoms with van der Waals surface area (Å²) < 4.78 is 18.9. The van der Waals surface area contributed by atoms with E-state index in [0.29, 0.717) is 38.2 Å². The fourth-order valence-electron chi connectivity index (χ4n) is 4.56. The third-order valence-electron chi connectivity index (χ3n) is 6.17. The number of nitrogens with zero attached hydrogens (tertiary/aromatic N) is 2. The summed E-state index contributed by atoms with van der Waals surface area (Å²) in [4.78, 5) is 29.3. The van der Waals surface area contributed by atoms with Crippen molar-refractivity contribution in [2.45, 2.75) is 18.6 Å². The number of benzene rings is 3. The maximum absolute atomic E-state index is 13.4. The Morgan fingerprint density at radius 3 is 2.44 bits per heavy atom. The van der Waals surface area contributed by atoms with Crippen LogP contribution in [0.4, 0.5) is 9.18 Å². The van der Waals surface area contributed by atoms with E-state index in [4.69, 9.17) is 4.74 Å². The standard InChI is InChI=1S/C26H23FN2O3/c27-21-12-10-19(11-13-21)16-29-18-26(32-25(29)31)14-15-28(17-26)24(30)23-9-5-4-8-22(23)20-6-2-1-3-7-20/h1-13H,14-18H2. The SMILES string of the molecule is O=C1OC2(CCN(C(=O)c3ccccc3-c3ccccc3)C2)CN1Cc1ccc(F)cc1. The van der Waals surface area contributed by atoms with Gasteiger partial charge in [-0.25, -0.2) is 9.18 Å². The molecule has 1 atom stereocenters. The fourth-order valence-corrected chi connectivity index (χ4v) is 4.56. The lowest BCUT2D eigenvalue weighted by atomic mass is 9.99. The molecule has 0 saturated carbocycles. The van der Waals surface area contributed by atoms with Crippen LogP contribution >= 0.6 is 0 Å². The molecule has 1 unspecified atom stereocenters. The van der Waals surface area contributed by atoms with E-state index >= 15 is 0 Å². The first-order valence-corrected chi connectivity index (χ1v) is 10.7. The topological polar surface area (TPSA) is 49.9 Å². The van der Waals surface area contributed by atoms with Crippen LogP contribution < -0.4 is 0 Å². The van der Waals surface area contributed by atoms with Gasteiger partial charge < -0.3 is 9.64 Å². The Morgan fingerprint density at radius 1 is 0.938 bits per heavy atom. The zero-order valence-corrected chi connectivity index (χ0v) is 17.5. The average Bonchev–Trinajstić information content (AvgIpc) is 3.37. The van der Waals surface area contributed by atoms with Crippen LogP contribution in [0.1, 0.15) is 22.3 Å². The molecule has 2 aliphatic rings. The van der Waals surface area contributed by atoms with E-state index in [-0.39, 0.29) is 11.7 Å². The summed E-state index contributed by atoms with van der Waals surface area (Å²) in [6, 6.07) is 23.5. The van der Waals surface area contributed by atoms with Gasteiger partial charge in [0.1, 0.15) is 5.82 Å². The van der Waals surface area contributed by atoms with Gasteiger partial charge in [0.15, 0.2) is 5.60 Å². The highest BCUT2D eigenvalue weighted by Gasteiger charge is 2.50. The van der Waals surface area contributed by atoms with Crippen LogP contribution in [0.15, 0.2) is 78.9 Å². The Morgan fingerprint density at radius 2 is 1.66 bits per heavy atom. The lowest BCUT2D eigenvalue weighted by Gasteiger charge is -2.23. The van der Waals surface area contributed by atoms with Gasteiger partial charge in [0.25, 0.3) is 5.91 Å². The highest BCUT2D eigenvalue weighted by Crippen LogP contribution is 2.35. The van der Waals surface area contributed by atoms with Crippen LogP contribution in [0.2, 0.25) is 0 Å². The summed E-state index contributed by atoms with van der Waals surface area (Å²) in [6.45, 7) is 1.65. The number of rotatable bonds is 4. The van der Waals surface area contributed by atoms with E-state index in [9.17, 15) is 14.0 Å². The molecule has 0 aromatic heterocycles. The largest absolute Gasteiger partial charge is 0.439 e. The molecule has 2 fully saturated rings. The highest BCUT2D eigenvalue weighted by atomic mass is 19.1. The van der Waals surface area contributed by atoms with Gasteiger partial charge in [0.2, 0.25) is 0 Å². The van der Waals surface area contributed by atoms with E-state index in [1.165, 1.54) is 12.1 Å². The maximum atomic E-state index is 13.4. The van der Waals surface area contributed by atoms with Crippen LogP contribution in [0.3, 0.4) is 0 Å². The second-order valence-electron chi connectivity index (χ2n) is 8.42. The Kier molecular flexibility index (Phi) is 5.13. The number of ether oxygens (including phenoxy) is 1. The van der Waals surface area contributed by atoms with E-state index in [0.717, 1.165) is 16.7 Å². The minimum Gasteiger partial charge on any atom is -0.439 e. The second kappa shape index (κ2) is 8.11. The summed E-state index contributed by atoms with van der Waals surface area (Å²) in [5.74, 6) is -0.371. The van der Waals surface area contributed by atoms with E-state index < -0.39 is 11.7 Å². The fraction of sp³-hybridized carbons (Fsp3) is 0.231. The van der Waals surface area contributed by atoms with Crippen LogP contribution in [-0.4, -0.2) is 47.0 Å². The van der Waals surface area contributed by atoms with Gasteiger partial charge in [-0.05, 0) is 34.9 Å².